The summed E-state index contributed by atoms with van der Waals surface area (Å²) in [5.41, 5.74) is 4.88. The Morgan fingerprint density at radius 3 is 2.30 bits per heavy atom. The van der Waals surface area contributed by atoms with Gasteiger partial charge in [-0.1, -0.05) is 25.1 Å². The third kappa shape index (κ3) is 5.46. The molecule has 0 saturated carbocycles. The molecule has 2 aromatic carbocycles. The summed E-state index contributed by atoms with van der Waals surface area (Å²) in [4.78, 5) is 57.1. The van der Waals surface area contributed by atoms with Gasteiger partial charge < -0.3 is 46.1 Å². The van der Waals surface area contributed by atoms with Crippen LogP contribution in [-0.4, -0.2) is 103 Å². The zero-order chi connectivity index (χ0) is 30.7. The number of nitrogens with one attached hydrogen (secondary N) is 4. The van der Waals surface area contributed by atoms with Crippen molar-refractivity contribution in [3.63, 3.8) is 0 Å². The highest BCUT2D eigenvalue weighted by molar-refractivity contribution is 5.98. The van der Waals surface area contributed by atoms with Crippen molar-refractivity contribution in [3.05, 3.63) is 59.2 Å². The van der Waals surface area contributed by atoms with Crippen LogP contribution < -0.4 is 31.2 Å². The number of hydrogen-bond donors (Lipinski definition) is 6. The van der Waals surface area contributed by atoms with E-state index in [0.29, 0.717) is 35.7 Å². The first kappa shape index (κ1) is 29.8. The van der Waals surface area contributed by atoms with Crippen molar-refractivity contribution >= 4 is 29.5 Å². The number of amidine groups is 1. The van der Waals surface area contributed by atoms with Gasteiger partial charge in [0.25, 0.3) is 5.91 Å². The first-order valence-electron chi connectivity index (χ1n) is 14.1. The van der Waals surface area contributed by atoms with E-state index in [1.165, 1.54) is 21.9 Å². The number of nitrogen functional groups attached to an aromatic ring is 1. The number of carbonyl (C=O) groups excluding carboxylic acids is 3. The largest absolute Gasteiger partial charge is 0.480 e. The van der Waals surface area contributed by atoms with Gasteiger partial charge in [-0.05, 0) is 36.2 Å². The first-order chi connectivity index (χ1) is 20.7. The Morgan fingerprint density at radius 1 is 1.02 bits per heavy atom. The van der Waals surface area contributed by atoms with Gasteiger partial charge in [-0.25, -0.2) is 4.79 Å². The van der Waals surface area contributed by atoms with E-state index < -0.39 is 35.4 Å². The SMILES string of the molecule is CCC(NC(=O)c1ccc(C(=N)N)cc1)C(c1ccc2c(c1)OCO2)(C(C(=O)O)N1CCNCC1=O)N1CCNCC1=O. The summed E-state index contributed by atoms with van der Waals surface area (Å²) in [6.07, 6.45) is 0.201. The molecular formula is C29H35N7O7. The van der Waals surface area contributed by atoms with Gasteiger partial charge >= 0.3 is 5.97 Å². The van der Waals surface area contributed by atoms with Gasteiger partial charge in [0.2, 0.25) is 18.6 Å². The Hall–Kier alpha value is -4.69. The van der Waals surface area contributed by atoms with E-state index in [1.54, 1.807) is 37.3 Å². The number of carbonyl (C=O) groups is 4. The number of carboxylic acid groups (broad SMARTS) is 1. The Kier molecular flexibility index (Phi) is 8.50. The van der Waals surface area contributed by atoms with Crippen LogP contribution in [0.15, 0.2) is 42.5 Å². The summed E-state index contributed by atoms with van der Waals surface area (Å²) >= 11 is 0. The minimum absolute atomic E-state index is 0.0266. The molecule has 43 heavy (non-hydrogen) atoms. The number of rotatable bonds is 10. The van der Waals surface area contributed by atoms with Gasteiger partial charge in [-0.15, -0.1) is 0 Å². The van der Waals surface area contributed by atoms with Crippen molar-refractivity contribution in [1.82, 2.24) is 25.8 Å². The van der Waals surface area contributed by atoms with E-state index in [-0.39, 0.29) is 56.7 Å². The van der Waals surface area contributed by atoms with Crippen LogP contribution in [0.4, 0.5) is 0 Å². The maximum absolute atomic E-state index is 13.8. The minimum Gasteiger partial charge on any atom is -0.480 e. The van der Waals surface area contributed by atoms with Gasteiger partial charge in [0.15, 0.2) is 17.5 Å². The van der Waals surface area contributed by atoms with Crippen LogP contribution in [-0.2, 0) is 19.9 Å². The lowest BCUT2D eigenvalue weighted by atomic mass is 9.72. The molecule has 7 N–H and O–H groups in total. The number of carboxylic acids is 1. The predicted molar refractivity (Wildman–Crippen MR) is 154 cm³/mol. The summed E-state index contributed by atoms with van der Waals surface area (Å²) in [7, 11) is 0. The smallest absolute Gasteiger partial charge is 0.329 e. The van der Waals surface area contributed by atoms with E-state index in [0.717, 1.165) is 0 Å². The van der Waals surface area contributed by atoms with Crippen molar-refractivity contribution in [2.24, 2.45) is 5.73 Å². The Bertz CT molecular complexity index is 1430. The Labute approximate surface area is 248 Å². The highest BCUT2D eigenvalue weighted by atomic mass is 16.7. The average Bonchev–Trinajstić information content (AvgIpc) is 3.48. The van der Waals surface area contributed by atoms with Crippen LogP contribution in [0.3, 0.4) is 0 Å². The fraction of sp³-hybridized carbons (Fsp3) is 0.414. The maximum Gasteiger partial charge on any atom is 0.329 e. The van der Waals surface area contributed by atoms with Gasteiger partial charge in [-0.2, -0.15) is 0 Å². The van der Waals surface area contributed by atoms with E-state index >= 15 is 0 Å². The molecule has 0 aliphatic carbocycles. The van der Waals surface area contributed by atoms with E-state index in [1.807, 2.05) is 0 Å². The van der Waals surface area contributed by atoms with E-state index in [2.05, 4.69) is 16.0 Å². The predicted octanol–water partition coefficient (Wildman–Crippen LogP) is -0.580. The molecule has 3 unspecified atom stereocenters. The molecule has 2 aromatic rings. The van der Waals surface area contributed by atoms with Gasteiger partial charge in [0.05, 0.1) is 19.1 Å². The molecule has 3 amide bonds. The van der Waals surface area contributed by atoms with E-state index in [4.69, 9.17) is 20.6 Å². The number of piperazine rings is 2. The second-order valence-electron chi connectivity index (χ2n) is 10.5. The topological polar surface area (TPSA) is 199 Å². The molecule has 3 heterocycles. The fourth-order valence-corrected chi connectivity index (χ4v) is 6.20. The van der Waals surface area contributed by atoms with Crippen molar-refractivity contribution in [2.75, 3.05) is 46.1 Å². The molecule has 2 fully saturated rings. The second kappa shape index (κ2) is 12.3. The number of benzene rings is 2. The number of nitrogens with zero attached hydrogens (tertiary/aromatic N) is 2. The molecule has 228 valence electrons. The monoisotopic (exact) mass is 593 g/mol. The summed E-state index contributed by atoms with van der Waals surface area (Å²) in [5.74, 6) is -1.99. The minimum atomic E-state index is -1.76. The van der Waals surface area contributed by atoms with Crippen LogP contribution in [0.25, 0.3) is 0 Å². The maximum atomic E-state index is 13.8. The number of nitrogens with two attached hydrogens (primary N) is 1. The lowest BCUT2D eigenvalue weighted by molar-refractivity contribution is -0.167. The zero-order valence-corrected chi connectivity index (χ0v) is 23.7. The number of ether oxygens (including phenoxy) is 2. The molecule has 3 aliphatic heterocycles. The third-order valence-corrected chi connectivity index (χ3v) is 8.16. The molecule has 14 heteroatoms. The molecule has 0 bridgehead atoms. The van der Waals surface area contributed by atoms with Gasteiger partial charge in [0.1, 0.15) is 11.4 Å². The van der Waals surface area contributed by atoms with Crippen molar-refractivity contribution in [3.8, 4) is 11.5 Å². The highest BCUT2D eigenvalue weighted by Gasteiger charge is 2.59. The summed E-state index contributed by atoms with van der Waals surface area (Å²) in [6, 6.07) is 8.52. The van der Waals surface area contributed by atoms with Crippen molar-refractivity contribution in [1.29, 1.82) is 5.41 Å². The molecule has 2 saturated heterocycles. The number of aliphatic carboxylic acids is 1. The van der Waals surface area contributed by atoms with Crippen LogP contribution in [0.1, 0.15) is 34.8 Å². The van der Waals surface area contributed by atoms with Crippen LogP contribution in [0.5, 0.6) is 11.5 Å². The molecule has 3 aliphatic rings. The zero-order valence-electron chi connectivity index (χ0n) is 23.7. The molecule has 0 spiro atoms. The number of hydrogen-bond acceptors (Lipinski definition) is 9. The first-order valence-corrected chi connectivity index (χ1v) is 14.1. The summed E-state index contributed by atoms with van der Waals surface area (Å²) < 4.78 is 11.2. The average molecular weight is 594 g/mol. The molecule has 0 radical (unpaired) electrons. The normalized spacial score (nSPS) is 19.4. The quantitative estimate of drug-likeness (QED) is 0.153. The van der Waals surface area contributed by atoms with Gasteiger partial charge in [0, 0.05) is 37.3 Å². The lowest BCUT2D eigenvalue weighted by Crippen LogP contribution is -2.75. The third-order valence-electron chi connectivity index (χ3n) is 8.16. The second-order valence-corrected chi connectivity index (χ2v) is 10.5. The van der Waals surface area contributed by atoms with Crippen LogP contribution >= 0.6 is 0 Å². The van der Waals surface area contributed by atoms with Crippen LogP contribution in [0.2, 0.25) is 0 Å². The summed E-state index contributed by atoms with van der Waals surface area (Å²) in [5, 5.41) is 27.6. The highest BCUT2D eigenvalue weighted by Crippen LogP contribution is 2.45. The molecule has 3 atom stereocenters. The molecule has 0 aromatic heterocycles. The van der Waals surface area contributed by atoms with Gasteiger partial charge in [-0.3, -0.25) is 19.8 Å². The van der Waals surface area contributed by atoms with Crippen LogP contribution in [0, 0.1) is 5.41 Å². The summed E-state index contributed by atoms with van der Waals surface area (Å²) in [6.45, 7) is 2.58. The van der Waals surface area contributed by atoms with Crippen molar-refractivity contribution in [2.45, 2.75) is 31.0 Å². The van der Waals surface area contributed by atoms with Crippen molar-refractivity contribution < 1.29 is 33.8 Å². The lowest BCUT2D eigenvalue weighted by Gasteiger charge is -2.55. The number of fused-ring (bicyclic) bond motifs is 1. The number of amides is 3. The van der Waals surface area contributed by atoms with E-state index in [9.17, 15) is 24.3 Å². The molecule has 5 rings (SSSR count). The molecular weight excluding hydrogens is 558 g/mol. The molecule has 14 nitrogen and oxygen atoms in total. The Morgan fingerprint density at radius 2 is 1.67 bits per heavy atom. The fourth-order valence-electron chi connectivity index (χ4n) is 6.20. The standard InChI is InChI=1S/C29H35N7O7/c1-2-22(34-27(39)18-5-3-17(4-6-18)26(30)31)29(36-12-10-33-15-24(36)38,19-7-8-20-21(13-19)43-16-42-20)25(28(40)41)35-11-9-32-14-23(35)37/h3-8,13,22,25,32-33H,2,9-12,14-16H2,1H3,(H3,30,31)(H,34,39)(H,40,41). The Balaban J connectivity index is 1.72.